The highest BCUT2D eigenvalue weighted by molar-refractivity contribution is 5.86. The summed E-state index contributed by atoms with van der Waals surface area (Å²) in [4.78, 5) is 10.8. The fourth-order valence-corrected chi connectivity index (χ4v) is 2.10. The van der Waals surface area contributed by atoms with Crippen LogP contribution in [0.15, 0.2) is 31.0 Å². The third-order valence-corrected chi connectivity index (χ3v) is 3.09. The highest BCUT2D eigenvalue weighted by atomic mass is 16.4. The molecule has 0 saturated heterocycles. The lowest BCUT2D eigenvalue weighted by Crippen LogP contribution is -2.32. The lowest BCUT2D eigenvalue weighted by molar-refractivity contribution is -0.138. The number of hydrogen-bond acceptors (Lipinski definition) is 2. The molecule has 94 valence electrons. The van der Waals surface area contributed by atoms with Crippen LogP contribution in [0.1, 0.15) is 11.1 Å². The van der Waals surface area contributed by atoms with E-state index in [4.69, 9.17) is 10.8 Å². The highest BCUT2D eigenvalue weighted by Gasteiger charge is 2.15. The minimum Gasteiger partial charge on any atom is -0.480 e. The topological polar surface area (TPSA) is 68.2 Å². The highest BCUT2D eigenvalue weighted by Crippen LogP contribution is 2.23. The molecular formula is C14H16N2O2. The van der Waals surface area contributed by atoms with Gasteiger partial charge in [-0.25, -0.2) is 0 Å². The Kier molecular flexibility index (Phi) is 3.21. The van der Waals surface area contributed by atoms with Crippen molar-refractivity contribution in [3.63, 3.8) is 0 Å². The molecular weight excluding hydrogens is 228 g/mol. The van der Waals surface area contributed by atoms with Gasteiger partial charge < -0.3 is 15.4 Å². The number of hydrogen-bond donors (Lipinski definition) is 2. The minimum atomic E-state index is -0.977. The zero-order valence-corrected chi connectivity index (χ0v) is 10.3. The second-order valence-electron chi connectivity index (χ2n) is 4.39. The Morgan fingerprint density at radius 2 is 2.33 bits per heavy atom. The van der Waals surface area contributed by atoms with Crippen molar-refractivity contribution in [2.24, 2.45) is 12.8 Å². The van der Waals surface area contributed by atoms with Crippen molar-refractivity contribution in [1.29, 1.82) is 0 Å². The molecule has 0 spiro atoms. The first kappa shape index (κ1) is 12.4. The average molecular weight is 244 g/mol. The Hall–Kier alpha value is -2.07. The molecule has 0 amide bonds. The van der Waals surface area contributed by atoms with Gasteiger partial charge in [-0.1, -0.05) is 24.8 Å². The number of carbonyl (C=O) groups is 1. The molecule has 1 unspecified atom stereocenters. The molecule has 4 heteroatoms. The van der Waals surface area contributed by atoms with Crippen molar-refractivity contribution in [2.45, 2.75) is 12.5 Å². The number of aromatic nitrogens is 1. The molecule has 0 bridgehead atoms. The molecule has 2 aromatic rings. The standard InChI is InChI=1S/C14H16N2O2/c1-3-9-4-5-11-10(7-12(15)14(17)18)8-16(2)13(11)6-9/h3-6,8,12H,1,7,15H2,2H3,(H,17,18). The van der Waals surface area contributed by atoms with Crippen LogP contribution in [0.5, 0.6) is 0 Å². The van der Waals surface area contributed by atoms with E-state index in [1.807, 2.05) is 36.0 Å². The van der Waals surface area contributed by atoms with E-state index in [9.17, 15) is 4.79 Å². The molecule has 2 rings (SSSR count). The largest absolute Gasteiger partial charge is 0.480 e. The number of nitrogens with zero attached hydrogens (tertiary/aromatic N) is 1. The number of carboxylic acids is 1. The summed E-state index contributed by atoms with van der Waals surface area (Å²) in [5.41, 5.74) is 8.63. The molecule has 4 nitrogen and oxygen atoms in total. The van der Waals surface area contributed by atoms with E-state index >= 15 is 0 Å². The summed E-state index contributed by atoms with van der Waals surface area (Å²) >= 11 is 0. The van der Waals surface area contributed by atoms with Gasteiger partial charge >= 0.3 is 5.97 Å². The number of benzene rings is 1. The van der Waals surface area contributed by atoms with Crippen molar-refractivity contribution >= 4 is 22.9 Å². The molecule has 3 N–H and O–H groups in total. The molecule has 0 aliphatic rings. The predicted molar refractivity (Wildman–Crippen MR) is 72.3 cm³/mol. The Morgan fingerprint density at radius 1 is 1.61 bits per heavy atom. The van der Waals surface area contributed by atoms with Crippen LogP contribution < -0.4 is 5.73 Å². The van der Waals surface area contributed by atoms with Gasteiger partial charge in [0.1, 0.15) is 6.04 Å². The average Bonchev–Trinajstić information content (AvgIpc) is 2.65. The van der Waals surface area contributed by atoms with Gasteiger partial charge in [0.25, 0.3) is 0 Å². The summed E-state index contributed by atoms with van der Waals surface area (Å²) in [7, 11) is 1.94. The first-order chi connectivity index (χ1) is 8.52. The fraction of sp³-hybridized carbons (Fsp3) is 0.214. The quantitative estimate of drug-likeness (QED) is 0.861. The zero-order chi connectivity index (χ0) is 13.3. The first-order valence-electron chi connectivity index (χ1n) is 5.71. The summed E-state index contributed by atoms with van der Waals surface area (Å²) in [5, 5.41) is 9.90. The second kappa shape index (κ2) is 4.66. The van der Waals surface area contributed by atoms with Crippen LogP contribution >= 0.6 is 0 Å². The number of fused-ring (bicyclic) bond motifs is 1. The van der Waals surface area contributed by atoms with Gasteiger partial charge in [0.15, 0.2) is 0 Å². The second-order valence-corrected chi connectivity index (χ2v) is 4.39. The maximum atomic E-state index is 10.8. The van der Waals surface area contributed by atoms with Crippen molar-refractivity contribution in [3.8, 4) is 0 Å². The van der Waals surface area contributed by atoms with E-state index in [1.165, 1.54) is 0 Å². The van der Waals surface area contributed by atoms with Crippen LogP contribution in [0.3, 0.4) is 0 Å². The maximum Gasteiger partial charge on any atom is 0.320 e. The van der Waals surface area contributed by atoms with Gasteiger partial charge in [0.05, 0.1) is 0 Å². The monoisotopic (exact) mass is 244 g/mol. The maximum absolute atomic E-state index is 10.8. The van der Waals surface area contributed by atoms with Crippen molar-refractivity contribution in [1.82, 2.24) is 4.57 Å². The molecule has 0 aliphatic heterocycles. The van der Waals surface area contributed by atoms with Crippen LogP contribution in [0.4, 0.5) is 0 Å². The molecule has 18 heavy (non-hydrogen) atoms. The molecule has 1 heterocycles. The molecule has 0 aliphatic carbocycles. The van der Waals surface area contributed by atoms with Crippen molar-refractivity contribution < 1.29 is 9.90 Å². The van der Waals surface area contributed by atoms with E-state index < -0.39 is 12.0 Å². The van der Waals surface area contributed by atoms with E-state index in [1.54, 1.807) is 6.08 Å². The number of carboxylic acid groups (broad SMARTS) is 1. The molecule has 1 aromatic heterocycles. The van der Waals surface area contributed by atoms with Gasteiger partial charge in [0.2, 0.25) is 0 Å². The van der Waals surface area contributed by atoms with E-state index in [0.717, 1.165) is 22.0 Å². The lowest BCUT2D eigenvalue weighted by atomic mass is 10.0. The van der Waals surface area contributed by atoms with Gasteiger partial charge in [0, 0.05) is 30.6 Å². The van der Waals surface area contributed by atoms with Gasteiger partial charge in [-0.05, 0) is 17.2 Å². The summed E-state index contributed by atoms with van der Waals surface area (Å²) in [6.45, 7) is 3.74. The molecule has 0 radical (unpaired) electrons. The zero-order valence-electron chi connectivity index (χ0n) is 10.3. The third kappa shape index (κ3) is 2.15. The summed E-state index contributed by atoms with van der Waals surface area (Å²) in [5.74, 6) is -0.977. The molecule has 0 saturated carbocycles. The Balaban J connectivity index is 2.47. The van der Waals surface area contributed by atoms with Crippen LogP contribution in [-0.2, 0) is 18.3 Å². The predicted octanol–water partition coefficient (Wildman–Crippen LogP) is 1.78. The number of aryl methyl sites for hydroxylation is 1. The minimum absolute atomic E-state index is 0.333. The smallest absolute Gasteiger partial charge is 0.320 e. The fourth-order valence-electron chi connectivity index (χ4n) is 2.10. The Bertz CT molecular complexity index is 614. The van der Waals surface area contributed by atoms with Crippen LogP contribution in [0.2, 0.25) is 0 Å². The molecule has 0 fully saturated rings. The van der Waals surface area contributed by atoms with Crippen molar-refractivity contribution in [2.75, 3.05) is 0 Å². The molecule has 1 atom stereocenters. The normalized spacial score (nSPS) is 12.6. The number of aliphatic carboxylic acids is 1. The van der Waals surface area contributed by atoms with Gasteiger partial charge in [-0.2, -0.15) is 0 Å². The lowest BCUT2D eigenvalue weighted by Gasteiger charge is -2.04. The third-order valence-electron chi connectivity index (χ3n) is 3.09. The van der Waals surface area contributed by atoms with Crippen LogP contribution in [-0.4, -0.2) is 21.7 Å². The van der Waals surface area contributed by atoms with E-state index in [2.05, 4.69) is 6.58 Å². The summed E-state index contributed by atoms with van der Waals surface area (Å²) < 4.78 is 1.98. The Labute approximate surface area is 105 Å². The van der Waals surface area contributed by atoms with E-state index in [0.29, 0.717) is 6.42 Å². The summed E-state index contributed by atoms with van der Waals surface area (Å²) in [6, 6.07) is 5.11. The van der Waals surface area contributed by atoms with E-state index in [-0.39, 0.29) is 0 Å². The molecule has 1 aromatic carbocycles. The SMILES string of the molecule is C=Cc1ccc2c(CC(N)C(=O)O)cn(C)c2c1. The number of rotatable bonds is 4. The number of nitrogens with two attached hydrogens (primary N) is 1. The van der Waals surface area contributed by atoms with Crippen LogP contribution in [0, 0.1) is 0 Å². The van der Waals surface area contributed by atoms with Crippen molar-refractivity contribution in [3.05, 3.63) is 42.1 Å². The van der Waals surface area contributed by atoms with Crippen LogP contribution in [0.25, 0.3) is 17.0 Å². The first-order valence-corrected chi connectivity index (χ1v) is 5.71. The van der Waals surface area contributed by atoms with Gasteiger partial charge in [-0.15, -0.1) is 0 Å². The van der Waals surface area contributed by atoms with Gasteiger partial charge in [-0.3, -0.25) is 4.79 Å². The Morgan fingerprint density at radius 3 is 2.94 bits per heavy atom. The summed E-state index contributed by atoms with van der Waals surface area (Å²) in [6.07, 6.45) is 4.05.